The lowest BCUT2D eigenvalue weighted by Crippen LogP contribution is -2.39. The summed E-state index contributed by atoms with van der Waals surface area (Å²) < 4.78 is 5.30. The first-order valence-electron chi connectivity index (χ1n) is 8.74. The Kier molecular flexibility index (Phi) is 6.43. The molecule has 0 fully saturated rings. The summed E-state index contributed by atoms with van der Waals surface area (Å²) in [6.45, 7) is 6.37. The van der Waals surface area contributed by atoms with Gasteiger partial charge in [-0.25, -0.2) is 9.98 Å². The average Bonchev–Trinajstić information content (AvgIpc) is 3.39. The number of nitrogens with zero attached hydrogens (tertiary/aromatic N) is 3. The maximum absolute atomic E-state index is 5.30. The van der Waals surface area contributed by atoms with Gasteiger partial charge in [-0.1, -0.05) is 13.0 Å². The molecule has 0 aliphatic carbocycles. The lowest BCUT2D eigenvalue weighted by atomic mass is 10.1. The molecule has 26 heavy (non-hydrogen) atoms. The second-order valence-corrected chi connectivity index (χ2v) is 7.08. The molecule has 3 heterocycles. The van der Waals surface area contributed by atoms with Gasteiger partial charge in [0.25, 0.3) is 0 Å². The SMILES string of the molecule is CCNC(=NCc1nc(-c2ccco2)n[nH]1)NCC(C)Cc1cccs1. The molecule has 0 bridgehead atoms. The lowest BCUT2D eigenvalue weighted by Gasteiger charge is -2.15. The Morgan fingerprint density at radius 2 is 2.27 bits per heavy atom. The molecule has 1 unspecified atom stereocenters. The van der Waals surface area contributed by atoms with Crippen LogP contribution in [0.3, 0.4) is 0 Å². The maximum Gasteiger partial charge on any atom is 0.216 e. The minimum Gasteiger partial charge on any atom is -0.461 e. The number of rotatable bonds is 8. The molecule has 0 saturated carbocycles. The monoisotopic (exact) mass is 372 g/mol. The Balaban J connectivity index is 1.53. The summed E-state index contributed by atoms with van der Waals surface area (Å²) in [5.74, 6) is 3.18. The first-order valence-corrected chi connectivity index (χ1v) is 9.62. The van der Waals surface area contributed by atoms with Crippen molar-refractivity contribution in [3.63, 3.8) is 0 Å². The lowest BCUT2D eigenvalue weighted by molar-refractivity contribution is 0.562. The van der Waals surface area contributed by atoms with Crippen molar-refractivity contribution in [2.24, 2.45) is 10.9 Å². The van der Waals surface area contributed by atoms with E-state index in [1.165, 1.54) is 4.88 Å². The summed E-state index contributed by atoms with van der Waals surface area (Å²) in [6.07, 6.45) is 2.67. The van der Waals surface area contributed by atoms with Crippen LogP contribution in [0, 0.1) is 5.92 Å². The van der Waals surface area contributed by atoms with Crippen LogP contribution in [0.25, 0.3) is 11.6 Å². The number of aromatic amines is 1. The predicted molar refractivity (Wildman–Crippen MR) is 104 cm³/mol. The summed E-state index contributed by atoms with van der Waals surface area (Å²) in [6, 6.07) is 7.92. The van der Waals surface area contributed by atoms with Crippen molar-refractivity contribution >= 4 is 17.3 Å². The zero-order valence-electron chi connectivity index (χ0n) is 15.0. The fourth-order valence-electron chi connectivity index (χ4n) is 2.49. The molecule has 3 aromatic rings. The van der Waals surface area contributed by atoms with E-state index in [-0.39, 0.29) is 0 Å². The predicted octanol–water partition coefficient (Wildman–Crippen LogP) is 3.06. The third-order valence-electron chi connectivity index (χ3n) is 3.75. The number of thiophene rings is 1. The Morgan fingerprint density at radius 3 is 3.00 bits per heavy atom. The van der Waals surface area contributed by atoms with Crippen molar-refractivity contribution in [3.05, 3.63) is 46.6 Å². The van der Waals surface area contributed by atoms with E-state index in [9.17, 15) is 0 Å². The summed E-state index contributed by atoms with van der Waals surface area (Å²) >= 11 is 1.80. The van der Waals surface area contributed by atoms with Crippen molar-refractivity contribution in [2.45, 2.75) is 26.8 Å². The number of guanidine groups is 1. The normalized spacial score (nSPS) is 12.9. The molecular weight excluding hydrogens is 348 g/mol. The molecule has 3 aromatic heterocycles. The van der Waals surface area contributed by atoms with Crippen LogP contribution < -0.4 is 10.6 Å². The number of nitrogens with one attached hydrogen (secondary N) is 3. The van der Waals surface area contributed by atoms with Gasteiger partial charge in [-0.2, -0.15) is 0 Å². The third kappa shape index (κ3) is 5.19. The first-order chi connectivity index (χ1) is 12.7. The Labute approximate surface area is 157 Å². The quantitative estimate of drug-likeness (QED) is 0.418. The van der Waals surface area contributed by atoms with Gasteiger partial charge in [0.1, 0.15) is 12.4 Å². The van der Waals surface area contributed by atoms with E-state index in [1.54, 1.807) is 17.6 Å². The van der Waals surface area contributed by atoms with E-state index >= 15 is 0 Å². The minimum absolute atomic E-state index is 0.419. The highest BCUT2D eigenvalue weighted by molar-refractivity contribution is 7.09. The van der Waals surface area contributed by atoms with Crippen LogP contribution in [0.2, 0.25) is 0 Å². The minimum atomic E-state index is 0.419. The highest BCUT2D eigenvalue weighted by Crippen LogP contribution is 2.15. The van der Waals surface area contributed by atoms with Crippen molar-refractivity contribution < 1.29 is 4.42 Å². The van der Waals surface area contributed by atoms with Crippen molar-refractivity contribution in [1.29, 1.82) is 0 Å². The topological polar surface area (TPSA) is 91.1 Å². The van der Waals surface area contributed by atoms with Crippen molar-refractivity contribution in [1.82, 2.24) is 25.8 Å². The summed E-state index contributed by atoms with van der Waals surface area (Å²) in [4.78, 5) is 10.4. The van der Waals surface area contributed by atoms with Gasteiger partial charge in [-0.3, -0.25) is 5.10 Å². The fourth-order valence-corrected chi connectivity index (χ4v) is 3.36. The van der Waals surface area contributed by atoms with Crippen molar-refractivity contribution in [3.8, 4) is 11.6 Å². The van der Waals surface area contributed by atoms with Crippen LogP contribution >= 0.6 is 11.3 Å². The number of aromatic nitrogens is 3. The van der Waals surface area contributed by atoms with Gasteiger partial charge in [0.05, 0.1) is 6.26 Å². The van der Waals surface area contributed by atoms with Crippen LogP contribution in [0.4, 0.5) is 0 Å². The van der Waals surface area contributed by atoms with E-state index in [0.717, 1.165) is 25.5 Å². The van der Waals surface area contributed by atoms with Gasteiger partial charge in [0.15, 0.2) is 11.7 Å². The van der Waals surface area contributed by atoms with E-state index in [1.807, 2.05) is 12.1 Å². The molecule has 1 atom stereocenters. The maximum atomic E-state index is 5.30. The Bertz CT molecular complexity index is 794. The highest BCUT2D eigenvalue weighted by atomic mass is 32.1. The molecule has 0 saturated heterocycles. The average molecular weight is 372 g/mol. The molecule has 7 nitrogen and oxygen atoms in total. The van der Waals surface area contributed by atoms with Crippen LogP contribution in [0.15, 0.2) is 45.3 Å². The molecule has 0 amide bonds. The summed E-state index contributed by atoms with van der Waals surface area (Å²) in [5.41, 5.74) is 0. The molecule has 0 aromatic carbocycles. The molecule has 0 spiro atoms. The number of hydrogen-bond acceptors (Lipinski definition) is 5. The van der Waals surface area contributed by atoms with Gasteiger partial charge < -0.3 is 15.1 Å². The number of hydrogen-bond donors (Lipinski definition) is 3. The van der Waals surface area contributed by atoms with E-state index < -0.39 is 0 Å². The summed E-state index contributed by atoms with van der Waals surface area (Å²) in [7, 11) is 0. The molecule has 0 aliphatic rings. The van der Waals surface area contributed by atoms with Gasteiger partial charge in [0.2, 0.25) is 5.82 Å². The van der Waals surface area contributed by atoms with Crippen LogP contribution in [0.5, 0.6) is 0 Å². The second kappa shape index (κ2) is 9.19. The third-order valence-corrected chi connectivity index (χ3v) is 4.65. The van der Waals surface area contributed by atoms with Gasteiger partial charge in [-0.15, -0.1) is 16.4 Å². The molecule has 3 N–H and O–H groups in total. The zero-order chi connectivity index (χ0) is 18.2. The van der Waals surface area contributed by atoms with Crippen LogP contribution in [0.1, 0.15) is 24.5 Å². The van der Waals surface area contributed by atoms with E-state index in [2.05, 4.69) is 62.2 Å². The first kappa shape index (κ1) is 18.2. The Morgan fingerprint density at radius 1 is 1.35 bits per heavy atom. The number of furan rings is 1. The van der Waals surface area contributed by atoms with Gasteiger partial charge >= 0.3 is 0 Å². The number of H-pyrrole nitrogens is 1. The van der Waals surface area contributed by atoms with Crippen LogP contribution in [-0.2, 0) is 13.0 Å². The smallest absolute Gasteiger partial charge is 0.216 e. The number of aliphatic imine (C=N–C) groups is 1. The molecule has 0 radical (unpaired) electrons. The Hall–Kier alpha value is -2.61. The molecule has 3 rings (SSSR count). The summed E-state index contributed by atoms with van der Waals surface area (Å²) in [5, 5.41) is 15.8. The molecule has 138 valence electrons. The molecule has 0 aliphatic heterocycles. The van der Waals surface area contributed by atoms with Gasteiger partial charge in [-0.05, 0) is 42.8 Å². The van der Waals surface area contributed by atoms with E-state index in [0.29, 0.717) is 29.9 Å². The molecule has 8 heteroatoms. The van der Waals surface area contributed by atoms with E-state index in [4.69, 9.17) is 4.42 Å². The van der Waals surface area contributed by atoms with Gasteiger partial charge in [0, 0.05) is 18.0 Å². The largest absolute Gasteiger partial charge is 0.461 e. The van der Waals surface area contributed by atoms with Crippen LogP contribution in [-0.4, -0.2) is 34.2 Å². The second-order valence-electron chi connectivity index (χ2n) is 6.05. The standard InChI is InChI=1S/C18H24N6OS/c1-3-19-18(20-11-13(2)10-14-6-5-9-26-14)21-12-16-22-17(24-23-16)15-7-4-8-25-15/h4-9,13H,3,10-12H2,1-2H3,(H2,19,20,21)(H,22,23,24). The molecular formula is C18H24N6OS. The fraction of sp³-hybridized carbons (Fsp3) is 0.389. The highest BCUT2D eigenvalue weighted by Gasteiger charge is 2.09. The van der Waals surface area contributed by atoms with Crippen molar-refractivity contribution in [2.75, 3.05) is 13.1 Å². The zero-order valence-corrected chi connectivity index (χ0v) is 15.8.